The van der Waals surface area contributed by atoms with Gasteiger partial charge in [0, 0.05) is 43.0 Å². The van der Waals surface area contributed by atoms with Gasteiger partial charge in [-0.05, 0) is 36.5 Å². The van der Waals surface area contributed by atoms with Gasteiger partial charge in [0.15, 0.2) is 0 Å². The van der Waals surface area contributed by atoms with Gasteiger partial charge in [0.2, 0.25) is 5.92 Å². The molecular weight excluding hydrogens is 402 g/mol. The van der Waals surface area contributed by atoms with Crippen LogP contribution in [0.3, 0.4) is 0 Å². The van der Waals surface area contributed by atoms with Crippen LogP contribution in [0.4, 0.5) is 8.78 Å². The third-order valence-electron chi connectivity index (χ3n) is 6.82. The van der Waals surface area contributed by atoms with Crippen LogP contribution in [0.1, 0.15) is 57.5 Å². The fourth-order valence-corrected chi connectivity index (χ4v) is 5.29. The molecule has 0 bridgehead atoms. The van der Waals surface area contributed by atoms with Crippen LogP contribution in [0.2, 0.25) is 0 Å². The number of rotatable bonds is 4. The largest absolute Gasteiger partial charge is 0.489 e. The molecule has 31 heavy (non-hydrogen) atoms. The number of fused-ring (bicyclic) bond motifs is 2. The molecule has 0 spiro atoms. The van der Waals surface area contributed by atoms with Crippen molar-refractivity contribution in [2.24, 2.45) is 11.8 Å². The number of alkyl halides is 2. The average molecular weight is 426 g/mol. The number of ether oxygens (including phenoxy) is 1. The Kier molecular flexibility index (Phi) is 4.53. The van der Waals surface area contributed by atoms with Gasteiger partial charge < -0.3 is 15.4 Å². The van der Waals surface area contributed by atoms with Crippen molar-refractivity contribution in [2.45, 2.75) is 43.8 Å². The van der Waals surface area contributed by atoms with Crippen LogP contribution in [-0.2, 0) is 0 Å². The molecule has 5 rings (SSSR count). The molecule has 2 aromatic rings. The van der Waals surface area contributed by atoms with Gasteiger partial charge in [-0.25, -0.2) is 8.78 Å². The molecule has 2 aromatic carbocycles. The quantitative estimate of drug-likeness (QED) is 0.783. The highest BCUT2D eigenvalue weighted by Gasteiger charge is 2.63. The lowest BCUT2D eigenvalue weighted by atomic mass is 9.87. The zero-order chi connectivity index (χ0) is 21.9. The second kappa shape index (κ2) is 7.04. The van der Waals surface area contributed by atoms with Gasteiger partial charge in [-0.3, -0.25) is 9.59 Å². The number of carbonyl (C=O) groups excluding carboxylic acids is 2. The van der Waals surface area contributed by atoms with E-state index in [9.17, 15) is 18.4 Å². The molecule has 2 fully saturated rings. The van der Waals surface area contributed by atoms with Crippen LogP contribution in [0.15, 0.2) is 42.5 Å². The third kappa shape index (κ3) is 3.36. The molecule has 5 atom stereocenters. The fraction of sp³-hybridized carbons (Fsp3) is 0.417. The number of nitrogens with one attached hydrogen (secondary N) is 2. The summed E-state index contributed by atoms with van der Waals surface area (Å²) in [5.41, 5.74) is 2.46. The summed E-state index contributed by atoms with van der Waals surface area (Å²) in [7, 11) is 1.53. The monoisotopic (exact) mass is 426 g/mol. The van der Waals surface area contributed by atoms with Crippen molar-refractivity contribution in [3.05, 3.63) is 64.7 Å². The Morgan fingerprint density at radius 1 is 1.06 bits per heavy atom. The summed E-state index contributed by atoms with van der Waals surface area (Å²) < 4.78 is 33.0. The lowest BCUT2D eigenvalue weighted by Gasteiger charge is -2.16. The van der Waals surface area contributed by atoms with E-state index in [0.29, 0.717) is 16.9 Å². The van der Waals surface area contributed by atoms with E-state index in [1.54, 1.807) is 6.07 Å². The van der Waals surface area contributed by atoms with E-state index in [0.717, 1.165) is 11.1 Å². The summed E-state index contributed by atoms with van der Waals surface area (Å²) in [5.74, 6) is -3.25. The van der Waals surface area contributed by atoms with Crippen LogP contribution < -0.4 is 15.4 Å². The van der Waals surface area contributed by atoms with Crippen molar-refractivity contribution in [2.75, 3.05) is 7.05 Å². The van der Waals surface area contributed by atoms with Crippen LogP contribution >= 0.6 is 0 Å². The fourth-order valence-electron chi connectivity index (χ4n) is 5.29. The zero-order valence-corrected chi connectivity index (χ0v) is 17.3. The minimum absolute atomic E-state index is 0.119. The smallest absolute Gasteiger partial charge is 0.254 e. The molecule has 2 unspecified atom stereocenters. The molecule has 7 heteroatoms. The maximum Gasteiger partial charge on any atom is 0.254 e. The third-order valence-corrected chi connectivity index (χ3v) is 6.82. The maximum atomic E-state index is 13.5. The number of hydrogen-bond donors (Lipinski definition) is 2. The Balaban J connectivity index is 1.47. The van der Waals surface area contributed by atoms with Gasteiger partial charge in [-0.15, -0.1) is 0 Å². The first-order chi connectivity index (χ1) is 14.8. The average Bonchev–Trinajstić information content (AvgIpc) is 3.08. The molecule has 0 aromatic heterocycles. The molecule has 2 aliphatic carbocycles. The van der Waals surface area contributed by atoms with E-state index in [1.807, 2.05) is 37.3 Å². The van der Waals surface area contributed by atoms with Gasteiger partial charge in [0.25, 0.3) is 11.8 Å². The van der Waals surface area contributed by atoms with E-state index in [1.165, 1.54) is 13.1 Å². The van der Waals surface area contributed by atoms with Crippen LogP contribution in [-0.4, -0.2) is 36.9 Å². The summed E-state index contributed by atoms with van der Waals surface area (Å²) in [6.45, 7) is 1.94. The molecule has 5 nitrogen and oxygen atoms in total. The van der Waals surface area contributed by atoms with E-state index < -0.39 is 5.92 Å². The normalized spacial score (nSPS) is 29.5. The lowest BCUT2D eigenvalue weighted by Crippen LogP contribution is -2.31. The van der Waals surface area contributed by atoms with Crippen molar-refractivity contribution >= 4 is 11.8 Å². The summed E-state index contributed by atoms with van der Waals surface area (Å²) >= 11 is 0. The van der Waals surface area contributed by atoms with Crippen LogP contribution in [0.25, 0.3) is 0 Å². The second-order valence-electron chi connectivity index (χ2n) is 8.82. The molecule has 0 radical (unpaired) electrons. The number of carbonyl (C=O) groups is 2. The summed E-state index contributed by atoms with van der Waals surface area (Å²) in [6, 6.07) is 12.9. The molecule has 3 aliphatic rings. The Labute approximate surface area is 179 Å². The van der Waals surface area contributed by atoms with Crippen LogP contribution in [0, 0.1) is 11.8 Å². The molecule has 1 aliphatic heterocycles. The minimum atomic E-state index is -2.62. The highest BCUT2D eigenvalue weighted by molar-refractivity contribution is 6.02. The van der Waals surface area contributed by atoms with E-state index in [-0.39, 0.29) is 54.6 Å². The molecular formula is C24H24F2N2O3. The maximum absolute atomic E-state index is 13.5. The lowest BCUT2D eigenvalue weighted by molar-refractivity contribution is -0.00623. The molecule has 2 N–H and O–H groups in total. The zero-order valence-electron chi connectivity index (χ0n) is 17.3. The topological polar surface area (TPSA) is 67.4 Å². The number of benzene rings is 2. The number of hydrogen-bond acceptors (Lipinski definition) is 3. The van der Waals surface area contributed by atoms with Gasteiger partial charge in [0.1, 0.15) is 11.9 Å². The molecule has 1 heterocycles. The van der Waals surface area contributed by atoms with Gasteiger partial charge in [0.05, 0.1) is 5.56 Å². The summed E-state index contributed by atoms with van der Waals surface area (Å²) in [6.07, 6.45) is -0.542. The number of amides is 2. The van der Waals surface area contributed by atoms with E-state index >= 15 is 0 Å². The van der Waals surface area contributed by atoms with Crippen LogP contribution in [0.5, 0.6) is 5.75 Å². The molecule has 2 saturated carbocycles. The van der Waals surface area contributed by atoms with Crippen molar-refractivity contribution in [3.8, 4) is 5.75 Å². The van der Waals surface area contributed by atoms with Gasteiger partial charge in [-0.2, -0.15) is 0 Å². The molecule has 162 valence electrons. The first-order valence-electron chi connectivity index (χ1n) is 10.6. The Morgan fingerprint density at radius 2 is 1.74 bits per heavy atom. The first kappa shape index (κ1) is 20.0. The summed E-state index contributed by atoms with van der Waals surface area (Å²) in [4.78, 5) is 25.6. The standard InChI is InChI=1S/C24H24F2N2O3/c1-12-19(13-6-4-3-5-7-13)15-8-14(9-16(21(15)31-12)23(30)27-2)22(29)28-20-17-10-24(25,26)11-18(17)20/h3-9,12,17-20H,10-11H2,1-2H3,(H,27,30)(H,28,29)/t12-,17-,18?,19+,20?/m1/s1. The SMILES string of the molecule is CNC(=O)c1cc(C(=O)NC2C3CC(F)(F)C[C@H]32)cc2c1O[C@H](C)[C@H]2c1ccccc1. The summed E-state index contributed by atoms with van der Waals surface area (Å²) in [5, 5.41) is 5.51. The van der Waals surface area contributed by atoms with E-state index in [4.69, 9.17) is 4.74 Å². The number of halogens is 2. The predicted octanol–water partition coefficient (Wildman–Crippen LogP) is 3.73. The Hall–Kier alpha value is -2.96. The molecule has 2 amide bonds. The predicted molar refractivity (Wildman–Crippen MR) is 111 cm³/mol. The van der Waals surface area contributed by atoms with Crippen molar-refractivity contribution in [1.29, 1.82) is 0 Å². The molecule has 0 saturated heterocycles. The van der Waals surface area contributed by atoms with Gasteiger partial charge in [-0.1, -0.05) is 30.3 Å². The van der Waals surface area contributed by atoms with Crippen molar-refractivity contribution in [3.63, 3.8) is 0 Å². The highest BCUT2D eigenvalue weighted by Crippen LogP contribution is 2.58. The first-order valence-corrected chi connectivity index (χ1v) is 10.6. The minimum Gasteiger partial charge on any atom is -0.489 e. The Morgan fingerprint density at radius 3 is 2.39 bits per heavy atom. The highest BCUT2D eigenvalue weighted by atomic mass is 19.3. The van der Waals surface area contributed by atoms with Crippen molar-refractivity contribution in [1.82, 2.24) is 10.6 Å². The Bertz CT molecular complexity index is 1040. The van der Waals surface area contributed by atoms with Gasteiger partial charge >= 0.3 is 0 Å². The van der Waals surface area contributed by atoms with E-state index in [2.05, 4.69) is 10.6 Å². The van der Waals surface area contributed by atoms with Crippen molar-refractivity contribution < 1.29 is 23.1 Å². The second-order valence-corrected chi connectivity index (χ2v) is 8.82.